The maximum absolute atomic E-state index is 12.9. The van der Waals surface area contributed by atoms with Gasteiger partial charge in [0.25, 0.3) is 11.7 Å². The lowest BCUT2D eigenvalue weighted by Gasteiger charge is -2.25. The Morgan fingerprint density at radius 1 is 1.00 bits per heavy atom. The zero-order valence-electron chi connectivity index (χ0n) is 18.2. The van der Waals surface area contributed by atoms with E-state index in [9.17, 15) is 14.7 Å². The number of hydrogen-bond donors (Lipinski definition) is 1. The van der Waals surface area contributed by atoms with Crippen LogP contribution in [0.15, 0.2) is 54.4 Å². The first-order valence-corrected chi connectivity index (χ1v) is 11.0. The minimum absolute atomic E-state index is 0.115. The number of nitrogens with zero attached hydrogens (tertiary/aromatic N) is 2. The molecule has 31 heavy (non-hydrogen) atoms. The summed E-state index contributed by atoms with van der Waals surface area (Å²) in [7, 11) is 0. The Kier molecular flexibility index (Phi) is 7.82. The zero-order chi connectivity index (χ0) is 22.2. The van der Waals surface area contributed by atoms with Crippen molar-refractivity contribution in [1.29, 1.82) is 0 Å². The van der Waals surface area contributed by atoms with Crippen LogP contribution in [-0.2, 0) is 9.59 Å². The number of Topliss-reactive ketones (excluding diaryl/α,β-unsaturated/α-hetero) is 1. The maximum Gasteiger partial charge on any atom is 0.295 e. The van der Waals surface area contributed by atoms with E-state index < -0.39 is 17.7 Å². The molecular weight excluding hydrogens is 392 g/mol. The van der Waals surface area contributed by atoms with Crippen LogP contribution < -0.4 is 4.74 Å². The summed E-state index contributed by atoms with van der Waals surface area (Å²) < 4.78 is 5.72. The fraction of sp³-hybridized carbons (Fsp3) is 0.400. The molecule has 1 atom stereocenters. The highest BCUT2D eigenvalue weighted by molar-refractivity contribution is 6.46. The summed E-state index contributed by atoms with van der Waals surface area (Å²) in [5.41, 5.74) is 1.35. The van der Waals surface area contributed by atoms with Crippen molar-refractivity contribution in [2.24, 2.45) is 0 Å². The lowest BCUT2D eigenvalue weighted by molar-refractivity contribution is -0.139. The van der Waals surface area contributed by atoms with Crippen LogP contribution in [0, 0.1) is 0 Å². The van der Waals surface area contributed by atoms with Gasteiger partial charge in [-0.25, -0.2) is 0 Å². The number of pyridine rings is 1. The zero-order valence-corrected chi connectivity index (χ0v) is 18.2. The van der Waals surface area contributed by atoms with Crippen LogP contribution >= 0.6 is 0 Å². The normalized spacial score (nSPS) is 17.9. The van der Waals surface area contributed by atoms with Gasteiger partial charge in [0.05, 0.1) is 18.2 Å². The minimum Gasteiger partial charge on any atom is -0.507 e. The lowest BCUT2D eigenvalue weighted by Crippen LogP contribution is -2.30. The molecule has 6 nitrogen and oxygen atoms in total. The largest absolute Gasteiger partial charge is 0.507 e. The molecule has 1 aliphatic heterocycles. The van der Waals surface area contributed by atoms with E-state index in [1.807, 2.05) is 6.92 Å². The number of benzene rings is 1. The molecule has 1 fully saturated rings. The number of aliphatic hydroxyl groups excluding tert-OH is 1. The molecule has 2 aromatic rings. The van der Waals surface area contributed by atoms with Crippen LogP contribution in [0.25, 0.3) is 5.76 Å². The van der Waals surface area contributed by atoms with Gasteiger partial charge >= 0.3 is 0 Å². The fourth-order valence-corrected chi connectivity index (χ4v) is 3.74. The number of carbonyl (C=O) groups excluding carboxylic acids is 2. The summed E-state index contributed by atoms with van der Waals surface area (Å²) in [4.78, 5) is 31.2. The molecule has 1 unspecified atom stereocenters. The number of amides is 1. The quantitative estimate of drug-likeness (QED) is 0.256. The molecule has 2 heterocycles. The molecule has 1 aliphatic rings. The van der Waals surface area contributed by atoms with Crippen molar-refractivity contribution in [3.63, 3.8) is 0 Å². The second-order valence-corrected chi connectivity index (χ2v) is 7.71. The first kappa shape index (κ1) is 22.5. The molecule has 0 spiro atoms. The average Bonchev–Trinajstić information content (AvgIpc) is 3.06. The first-order chi connectivity index (χ1) is 15.1. The Bertz CT molecular complexity index is 922. The van der Waals surface area contributed by atoms with E-state index in [-0.39, 0.29) is 11.3 Å². The summed E-state index contributed by atoms with van der Waals surface area (Å²) in [6.07, 6.45) is 8.16. The number of unbranched alkanes of at least 4 members (excludes halogenated alkanes) is 3. The Morgan fingerprint density at radius 3 is 2.32 bits per heavy atom. The molecule has 0 aliphatic carbocycles. The van der Waals surface area contributed by atoms with Crippen molar-refractivity contribution in [3.8, 4) is 5.75 Å². The van der Waals surface area contributed by atoms with Gasteiger partial charge in [-0.3, -0.25) is 14.6 Å². The monoisotopic (exact) mass is 422 g/mol. The van der Waals surface area contributed by atoms with Crippen LogP contribution in [0.1, 0.15) is 63.1 Å². The predicted molar refractivity (Wildman–Crippen MR) is 120 cm³/mol. The van der Waals surface area contributed by atoms with Crippen molar-refractivity contribution in [3.05, 3.63) is 65.5 Å². The summed E-state index contributed by atoms with van der Waals surface area (Å²) in [6, 6.07) is 9.90. The summed E-state index contributed by atoms with van der Waals surface area (Å²) in [5.74, 6) is -0.693. The van der Waals surface area contributed by atoms with E-state index in [2.05, 4.69) is 11.9 Å². The number of ether oxygens (including phenoxy) is 1. The Hall–Kier alpha value is -3.15. The van der Waals surface area contributed by atoms with Gasteiger partial charge in [0.15, 0.2) is 0 Å². The van der Waals surface area contributed by atoms with Crippen LogP contribution in [-0.4, -0.2) is 39.8 Å². The molecule has 1 aromatic heterocycles. The van der Waals surface area contributed by atoms with Crippen LogP contribution in [0.5, 0.6) is 5.75 Å². The number of aromatic nitrogens is 1. The Morgan fingerprint density at radius 2 is 1.68 bits per heavy atom. The first-order valence-electron chi connectivity index (χ1n) is 11.0. The van der Waals surface area contributed by atoms with E-state index >= 15 is 0 Å². The van der Waals surface area contributed by atoms with Gasteiger partial charge in [-0.2, -0.15) is 0 Å². The molecule has 1 N–H and O–H groups in total. The highest BCUT2D eigenvalue weighted by Gasteiger charge is 2.45. The highest BCUT2D eigenvalue weighted by Crippen LogP contribution is 2.39. The van der Waals surface area contributed by atoms with Crippen LogP contribution in [0.3, 0.4) is 0 Å². The maximum atomic E-state index is 12.9. The lowest BCUT2D eigenvalue weighted by atomic mass is 9.96. The number of carbonyl (C=O) groups is 2. The molecule has 1 saturated heterocycles. The van der Waals surface area contributed by atoms with Gasteiger partial charge in [0.2, 0.25) is 0 Å². The number of ketones is 1. The number of likely N-dealkylation sites (tertiary alicyclic amines) is 1. The summed E-state index contributed by atoms with van der Waals surface area (Å²) in [5, 5.41) is 11.0. The van der Waals surface area contributed by atoms with Gasteiger partial charge in [-0.05, 0) is 54.8 Å². The highest BCUT2D eigenvalue weighted by atomic mass is 16.5. The molecule has 3 rings (SSSR count). The third-order valence-corrected chi connectivity index (χ3v) is 5.46. The SMILES string of the molecule is CCCCCOc1ccc(/C(O)=C2/C(=O)C(=O)N(CCCC)C2c2ccncc2)cc1. The Balaban J connectivity index is 1.92. The molecule has 164 valence electrons. The minimum atomic E-state index is -0.657. The molecule has 0 radical (unpaired) electrons. The number of aliphatic hydroxyl groups is 1. The van der Waals surface area contributed by atoms with E-state index in [1.165, 1.54) is 0 Å². The molecule has 0 saturated carbocycles. The second-order valence-electron chi connectivity index (χ2n) is 7.71. The number of hydrogen-bond acceptors (Lipinski definition) is 5. The van der Waals surface area contributed by atoms with Crippen molar-refractivity contribution in [1.82, 2.24) is 9.88 Å². The van der Waals surface area contributed by atoms with Gasteiger partial charge in [-0.15, -0.1) is 0 Å². The fourth-order valence-electron chi connectivity index (χ4n) is 3.74. The number of rotatable bonds is 10. The standard InChI is InChI=1S/C25H30N2O4/c1-3-5-7-17-31-20-10-8-19(9-11-20)23(28)21-22(18-12-14-26-15-13-18)27(16-6-4-2)25(30)24(21)29/h8-15,22,28H,3-7,16-17H2,1-2H3/b23-21-. The summed E-state index contributed by atoms with van der Waals surface area (Å²) >= 11 is 0. The van der Waals surface area contributed by atoms with E-state index in [0.29, 0.717) is 24.5 Å². The van der Waals surface area contributed by atoms with Crippen LogP contribution in [0.4, 0.5) is 0 Å². The van der Waals surface area contributed by atoms with Gasteiger partial charge in [0.1, 0.15) is 11.5 Å². The van der Waals surface area contributed by atoms with E-state index in [0.717, 1.165) is 37.7 Å². The van der Waals surface area contributed by atoms with Gasteiger partial charge in [0, 0.05) is 24.5 Å². The average molecular weight is 423 g/mol. The predicted octanol–water partition coefficient (Wildman–Crippen LogP) is 4.87. The smallest absolute Gasteiger partial charge is 0.295 e. The molecule has 1 amide bonds. The molecule has 0 bridgehead atoms. The van der Waals surface area contributed by atoms with E-state index in [4.69, 9.17) is 4.74 Å². The topological polar surface area (TPSA) is 79.7 Å². The second kappa shape index (κ2) is 10.8. The summed E-state index contributed by atoms with van der Waals surface area (Å²) in [6.45, 7) is 5.27. The molecular formula is C25H30N2O4. The molecule has 6 heteroatoms. The van der Waals surface area contributed by atoms with Crippen LogP contribution in [0.2, 0.25) is 0 Å². The van der Waals surface area contributed by atoms with Crippen molar-refractivity contribution in [2.75, 3.05) is 13.2 Å². The van der Waals surface area contributed by atoms with Crippen molar-refractivity contribution in [2.45, 2.75) is 52.0 Å². The van der Waals surface area contributed by atoms with Gasteiger partial charge < -0.3 is 14.7 Å². The third kappa shape index (κ3) is 5.13. The van der Waals surface area contributed by atoms with Gasteiger partial charge in [-0.1, -0.05) is 33.1 Å². The van der Waals surface area contributed by atoms with E-state index in [1.54, 1.807) is 53.7 Å². The van der Waals surface area contributed by atoms with Crippen molar-refractivity contribution < 1.29 is 19.4 Å². The third-order valence-electron chi connectivity index (χ3n) is 5.46. The molecule has 1 aromatic carbocycles. The Labute approximate surface area is 183 Å². The van der Waals surface area contributed by atoms with Crippen molar-refractivity contribution >= 4 is 17.4 Å².